The first-order valence-corrected chi connectivity index (χ1v) is 6.50. The Morgan fingerprint density at radius 1 is 1.56 bits per heavy atom. The van der Waals surface area contributed by atoms with E-state index in [9.17, 15) is 4.79 Å². The highest BCUT2D eigenvalue weighted by molar-refractivity contribution is 9.12. The first-order valence-electron chi connectivity index (χ1n) is 5.70. The molecule has 90 valence electrons. The summed E-state index contributed by atoms with van der Waals surface area (Å²) in [5, 5.41) is 0. The molecule has 0 fully saturated rings. The number of carbonyl (C=O) groups is 1. The third-order valence-corrected chi connectivity index (χ3v) is 3.94. The van der Waals surface area contributed by atoms with Crippen LogP contribution in [0.3, 0.4) is 0 Å². The van der Waals surface area contributed by atoms with Crippen molar-refractivity contribution in [2.45, 2.75) is 33.1 Å². The van der Waals surface area contributed by atoms with E-state index in [1.54, 1.807) is 0 Å². The van der Waals surface area contributed by atoms with Gasteiger partial charge in [-0.25, -0.2) is 0 Å². The Morgan fingerprint density at radius 2 is 2.25 bits per heavy atom. The molecule has 0 unspecified atom stereocenters. The second-order valence-corrected chi connectivity index (χ2v) is 5.16. The van der Waals surface area contributed by atoms with Crippen LogP contribution >= 0.6 is 15.9 Å². The summed E-state index contributed by atoms with van der Waals surface area (Å²) in [4.78, 5) is 11.4. The van der Waals surface area contributed by atoms with Gasteiger partial charge in [-0.15, -0.1) is 0 Å². The lowest BCUT2D eigenvalue weighted by Crippen LogP contribution is -2.19. The second kappa shape index (κ2) is 6.24. The maximum atomic E-state index is 11.4. The van der Waals surface area contributed by atoms with Gasteiger partial charge in [-0.1, -0.05) is 41.9 Å². The van der Waals surface area contributed by atoms with Gasteiger partial charge in [0.1, 0.15) is 0 Å². The largest absolute Gasteiger partial charge is 0.469 e. The van der Waals surface area contributed by atoms with E-state index in [-0.39, 0.29) is 17.8 Å². The standard InChI is InChI=1S/C13H19BrO2/c1-9(10(2)13(15)16-3)8-11-6-4-5-7-12(11)14/h7-10H,4-6H2,1-3H3/b11-8-/t9-,10-/m1/s1. The lowest BCUT2D eigenvalue weighted by Gasteiger charge is -2.18. The summed E-state index contributed by atoms with van der Waals surface area (Å²) in [6.07, 6.45) is 7.81. The molecule has 0 saturated heterocycles. The van der Waals surface area contributed by atoms with E-state index < -0.39 is 0 Å². The normalized spacial score (nSPS) is 22.5. The molecular formula is C13H19BrO2. The van der Waals surface area contributed by atoms with Gasteiger partial charge in [0, 0.05) is 4.48 Å². The van der Waals surface area contributed by atoms with E-state index in [4.69, 9.17) is 4.74 Å². The van der Waals surface area contributed by atoms with E-state index in [1.807, 2.05) is 6.92 Å². The molecule has 0 bridgehead atoms. The van der Waals surface area contributed by atoms with Crippen molar-refractivity contribution in [3.05, 3.63) is 22.2 Å². The van der Waals surface area contributed by atoms with Crippen LogP contribution in [-0.4, -0.2) is 13.1 Å². The Labute approximate surface area is 106 Å². The van der Waals surface area contributed by atoms with E-state index in [0.29, 0.717) is 0 Å². The van der Waals surface area contributed by atoms with Gasteiger partial charge < -0.3 is 4.74 Å². The molecule has 0 aromatic rings. The van der Waals surface area contributed by atoms with Gasteiger partial charge in [-0.3, -0.25) is 4.79 Å². The summed E-state index contributed by atoms with van der Waals surface area (Å²) in [5.41, 5.74) is 1.31. The zero-order chi connectivity index (χ0) is 12.1. The topological polar surface area (TPSA) is 26.3 Å². The van der Waals surface area contributed by atoms with Crippen molar-refractivity contribution in [2.75, 3.05) is 7.11 Å². The zero-order valence-corrected chi connectivity index (χ0v) is 11.7. The van der Waals surface area contributed by atoms with Gasteiger partial charge in [0.2, 0.25) is 0 Å². The smallest absolute Gasteiger partial charge is 0.308 e. The second-order valence-electron chi connectivity index (χ2n) is 4.31. The quantitative estimate of drug-likeness (QED) is 0.738. The number of allylic oxidation sites excluding steroid dienone is 4. The number of hydrogen-bond acceptors (Lipinski definition) is 2. The van der Waals surface area contributed by atoms with Crippen LogP contribution in [0.25, 0.3) is 0 Å². The maximum Gasteiger partial charge on any atom is 0.308 e. The highest BCUT2D eigenvalue weighted by Gasteiger charge is 2.20. The molecular weight excluding hydrogens is 268 g/mol. The van der Waals surface area contributed by atoms with Crippen LogP contribution in [0.4, 0.5) is 0 Å². The Hall–Kier alpha value is -0.570. The Bertz CT molecular complexity index is 318. The summed E-state index contributed by atoms with van der Waals surface area (Å²) in [7, 11) is 1.44. The zero-order valence-electron chi connectivity index (χ0n) is 10.1. The predicted molar refractivity (Wildman–Crippen MR) is 69.3 cm³/mol. The summed E-state index contributed by atoms with van der Waals surface area (Å²) in [6, 6.07) is 0. The Morgan fingerprint density at radius 3 is 2.81 bits per heavy atom. The van der Waals surface area contributed by atoms with Gasteiger partial charge >= 0.3 is 5.97 Å². The van der Waals surface area contributed by atoms with Gasteiger partial charge in [-0.2, -0.15) is 0 Å². The maximum absolute atomic E-state index is 11.4. The molecule has 0 amide bonds. The van der Waals surface area contributed by atoms with Crippen molar-refractivity contribution < 1.29 is 9.53 Å². The lowest BCUT2D eigenvalue weighted by molar-refractivity contribution is -0.145. The molecule has 0 aliphatic heterocycles. The molecule has 1 rings (SSSR count). The van der Waals surface area contributed by atoms with E-state index in [0.717, 1.165) is 12.8 Å². The van der Waals surface area contributed by atoms with Crippen molar-refractivity contribution in [1.29, 1.82) is 0 Å². The highest BCUT2D eigenvalue weighted by atomic mass is 79.9. The van der Waals surface area contributed by atoms with Crippen molar-refractivity contribution in [3.63, 3.8) is 0 Å². The van der Waals surface area contributed by atoms with E-state index >= 15 is 0 Å². The molecule has 0 heterocycles. The number of carbonyl (C=O) groups excluding carboxylic acids is 1. The molecule has 2 atom stereocenters. The average Bonchev–Trinajstić information content (AvgIpc) is 2.30. The molecule has 16 heavy (non-hydrogen) atoms. The van der Waals surface area contributed by atoms with E-state index in [2.05, 4.69) is 35.0 Å². The molecule has 0 spiro atoms. The third-order valence-electron chi connectivity index (χ3n) is 3.11. The van der Waals surface area contributed by atoms with Crippen LogP contribution in [0.2, 0.25) is 0 Å². The van der Waals surface area contributed by atoms with Crippen LogP contribution in [0.5, 0.6) is 0 Å². The van der Waals surface area contributed by atoms with Crippen LogP contribution in [-0.2, 0) is 9.53 Å². The Kier molecular flexibility index (Phi) is 5.26. The average molecular weight is 287 g/mol. The molecule has 2 nitrogen and oxygen atoms in total. The molecule has 0 aromatic carbocycles. The molecule has 1 aliphatic carbocycles. The minimum Gasteiger partial charge on any atom is -0.469 e. The van der Waals surface area contributed by atoms with Crippen LogP contribution in [0, 0.1) is 11.8 Å². The molecule has 3 heteroatoms. The minimum absolute atomic E-state index is 0.0836. The highest BCUT2D eigenvalue weighted by Crippen LogP contribution is 2.30. The lowest BCUT2D eigenvalue weighted by atomic mass is 9.91. The van der Waals surface area contributed by atoms with E-state index in [1.165, 1.54) is 23.6 Å². The SMILES string of the molecule is COC(=O)[C@H](C)[C@H](C)/C=C1/CCCC=C1Br. The Balaban J connectivity index is 2.71. The molecule has 0 N–H and O–H groups in total. The fraction of sp³-hybridized carbons (Fsp3) is 0.615. The van der Waals surface area contributed by atoms with Crippen LogP contribution < -0.4 is 0 Å². The van der Waals surface area contributed by atoms with Gasteiger partial charge in [0.15, 0.2) is 0 Å². The summed E-state index contributed by atoms with van der Waals surface area (Å²) in [6.45, 7) is 3.97. The molecule has 1 aliphatic rings. The number of rotatable bonds is 3. The first-order chi connectivity index (χ1) is 7.56. The number of ether oxygens (including phenoxy) is 1. The van der Waals surface area contributed by atoms with Crippen molar-refractivity contribution in [2.24, 2.45) is 11.8 Å². The van der Waals surface area contributed by atoms with Crippen molar-refractivity contribution >= 4 is 21.9 Å². The third kappa shape index (κ3) is 3.48. The predicted octanol–water partition coefficient (Wildman–Crippen LogP) is 3.82. The first kappa shape index (κ1) is 13.5. The van der Waals surface area contributed by atoms with Crippen LogP contribution in [0.15, 0.2) is 22.2 Å². The molecule has 0 aromatic heterocycles. The van der Waals surface area contributed by atoms with Gasteiger partial charge in [0.05, 0.1) is 13.0 Å². The van der Waals surface area contributed by atoms with Gasteiger partial charge in [0.25, 0.3) is 0 Å². The van der Waals surface area contributed by atoms with Crippen molar-refractivity contribution in [3.8, 4) is 0 Å². The number of hydrogen-bond donors (Lipinski definition) is 0. The number of halogens is 1. The molecule has 0 radical (unpaired) electrons. The summed E-state index contributed by atoms with van der Waals surface area (Å²) < 4.78 is 5.94. The number of methoxy groups -OCH3 is 1. The van der Waals surface area contributed by atoms with Gasteiger partial charge in [-0.05, 0) is 30.8 Å². The fourth-order valence-corrected chi connectivity index (χ4v) is 2.36. The number of esters is 1. The van der Waals surface area contributed by atoms with Crippen LogP contribution in [0.1, 0.15) is 33.1 Å². The summed E-state index contributed by atoms with van der Waals surface area (Å²) >= 11 is 3.56. The monoisotopic (exact) mass is 286 g/mol. The summed E-state index contributed by atoms with van der Waals surface area (Å²) in [5.74, 6) is -0.0125. The molecule has 0 saturated carbocycles. The fourth-order valence-electron chi connectivity index (χ4n) is 1.80. The minimum atomic E-state index is -0.139. The van der Waals surface area contributed by atoms with Crippen molar-refractivity contribution in [1.82, 2.24) is 0 Å².